The number of thiophene rings is 1. The predicted molar refractivity (Wildman–Crippen MR) is 199 cm³/mol. The van der Waals surface area contributed by atoms with Gasteiger partial charge in [0.1, 0.15) is 11.1 Å². The van der Waals surface area contributed by atoms with Gasteiger partial charge < -0.3 is 5.73 Å². The second kappa shape index (κ2) is 15.9. The number of Topliss-reactive ketones (excluding diaryl/α,β-unsaturated/α-hetero) is 1. The fourth-order valence-corrected chi connectivity index (χ4v) is 9.21. The Morgan fingerprint density at radius 3 is 2.76 bits per heavy atom. The van der Waals surface area contributed by atoms with Crippen molar-refractivity contribution in [1.82, 2.24) is 25.2 Å². The van der Waals surface area contributed by atoms with Crippen LogP contribution in [-0.2, 0) is 23.2 Å². The van der Waals surface area contributed by atoms with E-state index < -0.39 is 5.41 Å². The Balaban J connectivity index is 1.29. The molecule has 2 aliphatic carbocycles. The van der Waals surface area contributed by atoms with Crippen molar-refractivity contribution in [3.63, 3.8) is 0 Å². The number of nitriles is 1. The minimum atomic E-state index is -0.636. The fraction of sp³-hybridized carbons (Fsp3) is 0.378. The van der Waals surface area contributed by atoms with Crippen molar-refractivity contribution in [2.24, 2.45) is 5.73 Å². The quantitative estimate of drug-likeness (QED) is 0.154. The molecular weight excluding hydrogens is 765 g/mol. The van der Waals surface area contributed by atoms with Crippen molar-refractivity contribution in [1.29, 1.82) is 5.26 Å². The zero-order chi connectivity index (χ0) is 36.1. The third-order valence-corrected chi connectivity index (χ3v) is 12.4. The average molecular weight is 807 g/mol. The number of hydrogen-bond acceptors (Lipinski definition) is 12. The monoisotopic (exact) mass is 806 g/mol. The number of likely N-dealkylation sites (tertiary alicyclic amines) is 1. The van der Waals surface area contributed by atoms with Gasteiger partial charge >= 0.3 is 261 Å². The molecule has 1 saturated heterocycles. The third-order valence-electron chi connectivity index (χ3n) is 10.0. The summed E-state index contributed by atoms with van der Waals surface area (Å²) in [5.41, 5.74) is 15.7. The topological polar surface area (TPSA) is 185 Å². The molecule has 261 valence electrons. The summed E-state index contributed by atoms with van der Waals surface area (Å²) >= 11 is 2.02. The zero-order valence-electron chi connectivity index (χ0n) is 28.7. The number of rotatable bonds is 12. The predicted octanol–water partition coefficient (Wildman–Crippen LogP) is 3.85. The first-order chi connectivity index (χ1) is 24.6. The number of hydrogen-bond donors (Lipinski definition) is 4. The number of aryl methyl sites for hydroxylation is 1. The molecule has 12 nitrogen and oxygen atoms in total. The van der Waals surface area contributed by atoms with Gasteiger partial charge in [-0.3, -0.25) is 0 Å². The first kappa shape index (κ1) is 36.5. The summed E-state index contributed by atoms with van der Waals surface area (Å²) in [4.78, 5) is 43.9. The zero-order valence-corrected chi connectivity index (χ0v) is 32.8. The van der Waals surface area contributed by atoms with Crippen molar-refractivity contribution >= 4 is 61.0 Å². The molecule has 1 amide bonds. The van der Waals surface area contributed by atoms with E-state index in [-0.39, 0.29) is 35.5 Å². The molecule has 0 bridgehead atoms. The normalized spacial score (nSPS) is 20.8. The fourth-order valence-electron chi connectivity index (χ4n) is 7.48. The maximum atomic E-state index is 14.4. The molecule has 1 fully saturated rings. The van der Waals surface area contributed by atoms with E-state index in [1.54, 1.807) is 30.6 Å². The Morgan fingerprint density at radius 2 is 2.06 bits per heavy atom. The second-order valence-electron chi connectivity index (χ2n) is 13.1. The van der Waals surface area contributed by atoms with Crippen molar-refractivity contribution < 1.29 is 14.3 Å². The van der Waals surface area contributed by atoms with E-state index in [1.165, 1.54) is 11.3 Å². The summed E-state index contributed by atoms with van der Waals surface area (Å²) in [6.45, 7) is 5.30. The van der Waals surface area contributed by atoms with Crippen LogP contribution in [0.25, 0.3) is 0 Å². The van der Waals surface area contributed by atoms with E-state index in [9.17, 15) is 14.9 Å². The molecule has 3 atom stereocenters. The van der Waals surface area contributed by atoms with Gasteiger partial charge in [-0.05, 0) is 12.8 Å². The molecule has 0 aromatic carbocycles. The number of nitrogens with zero attached hydrogens (tertiary/aromatic N) is 5. The van der Waals surface area contributed by atoms with Gasteiger partial charge in [0.05, 0.1) is 5.56 Å². The number of carbonyl (C=O) groups is 2. The molecule has 4 heterocycles. The van der Waals surface area contributed by atoms with Gasteiger partial charge in [-0.15, -0.1) is 11.3 Å². The van der Waals surface area contributed by atoms with Gasteiger partial charge in [0.25, 0.3) is 0 Å². The molecule has 1 aliphatic heterocycles. The molecule has 6 rings (SSSR count). The third kappa shape index (κ3) is 7.66. The summed E-state index contributed by atoms with van der Waals surface area (Å²) < 4.78 is 6.99. The van der Waals surface area contributed by atoms with Crippen molar-refractivity contribution in [3.8, 4) is 11.9 Å². The SMILES string of the molecule is C=C[C@H](Oc1cc(N/C=C\[C](=[In])C(=O)NCc2ccccn2)nc(C(=O)C2=C(N)[C@@]3(CCC2)CCCc2sc(N)c(C#N)c23)n1)[C@@H]1CCCN1C. The summed E-state index contributed by atoms with van der Waals surface area (Å²) in [7, 11) is 2.06. The Hall–Kier alpha value is -4.32. The standard InChI is InChI=1S/C37H41N9O3S.In/c1-3-27(26-12-9-19-46(26)2)49-31-20-29(42-18-8-14-30(47)43-22-23-10-4-5-17-41-23)44-36(45-31)33(48)24-11-6-15-37(34(24)39)16-7-13-28-32(37)25(21-38)35(40)50-28;/h3-5,8,10,17-18,20,26-27H,1,6-7,9,11-13,15-16,19,22,39-40H2,2H3,(H,43,47)(H,42,44,45);/b18-8-;/t26-,27-,37-;/m0./s1. The molecule has 3 aliphatic rings. The Morgan fingerprint density at radius 1 is 1.25 bits per heavy atom. The van der Waals surface area contributed by atoms with Crippen LogP contribution in [0.1, 0.15) is 77.3 Å². The Labute approximate surface area is 316 Å². The van der Waals surface area contributed by atoms with Crippen LogP contribution in [0.4, 0.5) is 10.8 Å². The van der Waals surface area contributed by atoms with Crippen LogP contribution in [0, 0.1) is 11.3 Å². The second-order valence-corrected chi connectivity index (χ2v) is 16.0. The Kier molecular flexibility index (Phi) is 11.4. The van der Waals surface area contributed by atoms with Gasteiger partial charge in [-0.25, -0.2) is 0 Å². The molecule has 51 heavy (non-hydrogen) atoms. The van der Waals surface area contributed by atoms with E-state index in [1.807, 2.05) is 18.2 Å². The number of ether oxygens (including phenoxy) is 1. The first-order valence-corrected chi connectivity index (χ1v) is 19.6. The summed E-state index contributed by atoms with van der Waals surface area (Å²) in [6.07, 6.45) is 12.8. The molecule has 0 unspecified atom stereocenters. The molecule has 3 aromatic rings. The molecule has 0 saturated carbocycles. The minimum absolute atomic E-state index is 0.0510. The number of nitrogen functional groups attached to an aromatic ring is 1. The van der Waals surface area contributed by atoms with Gasteiger partial charge in [0.15, 0.2) is 0 Å². The maximum absolute atomic E-state index is 14.4. The molecular formula is C37H41InN9O3S. The number of ketones is 1. The average Bonchev–Trinajstić information content (AvgIpc) is 3.72. The summed E-state index contributed by atoms with van der Waals surface area (Å²) in [6, 6.07) is 9.62. The van der Waals surface area contributed by atoms with E-state index in [0.717, 1.165) is 67.6 Å². The van der Waals surface area contributed by atoms with Gasteiger partial charge in [-0.2, -0.15) is 5.26 Å². The number of anilines is 2. The van der Waals surface area contributed by atoms with Crippen LogP contribution < -0.4 is 26.8 Å². The van der Waals surface area contributed by atoms with E-state index in [2.05, 4.69) is 50.2 Å². The molecule has 1 radical (unpaired) electrons. The van der Waals surface area contributed by atoms with Gasteiger partial charge in [0, 0.05) is 4.88 Å². The molecule has 14 heteroatoms. The number of fused-ring (bicyclic) bond motifs is 2. The van der Waals surface area contributed by atoms with Gasteiger partial charge in [0.2, 0.25) is 0 Å². The molecule has 6 N–H and O–H groups in total. The van der Waals surface area contributed by atoms with Crippen LogP contribution in [0.3, 0.4) is 0 Å². The van der Waals surface area contributed by atoms with Crippen LogP contribution in [0.15, 0.2) is 66.7 Å². The number of amides is 1. The van der Waals surface area contributed by atoms with Crippen molar-refractivity contribution in [2.45, 2.75) is 75.5 Å². The number of aromatic nitrogens is 3. The van der Waals surface area contributed by atoms with E-state index in [4.69, 9.17) is 16.2 Å². The van der Waals surface area contributed by atoms with Crippen LogP contribution in [0.5, 0.6) is 5.88 Å². The Bertz CT molecular complexity index is 1950. The van der Waals surface area contributed by atoms with Crippen molar-refractivity contribution in [2.75, 3.05) is 24.6 Å². The van der Waals surface area contributed by atoms with Crippen LogP contribution >= 0.6 is 11.3 Å². The molecule has 3 aromatic heterocycles. The number of likely N-dealkylation sites (N-methyl/N-ethyl adjacent to an activating group) is 1. The van der Waals surface area contributed by atoms with Gasteiger partial charge in [-0.1, -0.05) is 0 Å². The van der Waals surface area contributed by atoms with Crippen LogP contribution in [-0.4, -0.2) is 84.4 Å². The number of allylic oxidation sites excluding steroid dienone is 2. The number of nitrogens with one attached hydrogen (secondary N) is 2. The summed E-state index contributed by atoms with van der Waals surface area (Å²) in [5, 5.41) is 16.6. The van der Waals surface area contributed by atoms with E-state index in [0.29, 0.717) is 67.8 Å². The number of carbonyl (C=O) groups excluding carboxylic acids is 2. The number of nitrogens with two attached hydrogens (primary N) is 2. The van der Waals surface area contributed by atoms with E-state index >= 15 is 0 Å². The molecule has 1 spiro atoms. The summed E-state index contributed by atoms with van der Waals surface area (Å²) in [5.74, 6) is -0.0743. The van der Waals surface area contributed by atoms with Crippen molar-refractivity contribution in [3.05, 3.63) is 94.2 Å². The number of pyridine rings is 1. The first-order valence-electron chi connectivity index (χ1n) is 17.1. The van der Waals surface area contributed by atoms with Crippen LogP contribution in [0.2, 0.25) is 0 Å².